The van der Waals surface area contributed by atoms with Crippen molar-refractivity contribution in [1.29, 1.82) is 5.26 Å². The van der Waals surface area contributed by atoms with Crippen molar-refractivity contribution in [2.75, 3.05) is 18.9 Å². The van der Waals surface area contributed by atoms with Gasteiger partial charge in [0.15, 0.2) is 0 Å². The highest BCUT2D eigenvalue weighted by atomic mass is 32.2. The van der Waals surface area contributed by atoms with Crippen molar-refractivity contribution in [2.24, 2.45) is 0 Å². The molecule has 0 saturated heterocycles. The minimum Gasteiger partial charge on any atom is -0.325 e. The molecule has 7 heteroatoms. The van der Waals surface area contributed by atoms with Gasteiger partial charge in [-0.25, -0.2) is 8.42 Å². The third kappa shape index (κ3) is 4.69. The molecule has 0 aliphatic heterocycles. The molecule has 6 nitrogen and oxygen atoms in total. The number of nitrogens with zero attached hydrogens (tertiary/aromatic N) is 2. The molecule has 136 valence electrons. The highest BCUT2D eigenvalue weighted by Gasteiger charge is 2.24. The van der Waals surface area contributed by atoms with E-state index in [-0.39, 0.29) is 11.4 Å². The number of carbonyl (C=O) groups excluding carboxylic acids is 1. The first-order valence-electron chi connectivity index (χ1n) is 8.03. The van der Waals surface area contributed by atoms with Gasteiger partial charge in [0.1, 0.15) is 0 Å². The molecular formula is C19H21N3O3S. The molecule has 0 radical (unpaired) electrons. The Morgan fingerprint density at radius 3 is 2.42 bits per heavy atom. The van der Waals surface area contributed by atoms with Crippen molar-refractivity contribution in [3.05, 3.63) is 59.2 Å². The second-order valence-electron chi connectivity index (χ2n) is 6.11. The fourth-order valence-electron chi connectivity index (χ4n) is 2.44. The molecule has 0 aliphatic rings. The molecule has 0 aromatic heterocycles. The number of amides is 1. The number of sulfonamides is 1. The molecule has 0 unspecified atom stereocenters. The molecule has 2 rings (SSSR count). The number of benzene rings is 2. The number of anilines is 1. The minimum atomic E-state index is -3.76. The number of nitrogens with one attached hydrogen (secondary N) is 1. The van der Waals surface area contributed by atoms with E-state index in [4.69, 9.17) is 5.26 Å². The third-order valence-corrected chi connectivity index (χ3v) is 5.86. The second-order valence-corrected chi connectivity index (χ2v) is 8.12. The molecule has 0 heterocycles. The van der Waals surface area contributed by atoms with Crippen molar-refractivity contribution >= 4 is 21.6 Å². The van der Waals surface area contributed by atoms with Crippen LogP contribution >= 0.6 is 0 Å². The van der Waals surface area contributed by atoms with Crippen LogP contribution in [0.4, 0.5) is 5.69 Å². The summed E-state index contributed by atoms with van der Waals surface area (Å²) in [6.07, 6.45) is 0.297. The number of rotatable bonds is 6. The molecule has 0 fully saturated rings. The maximum atomic E-state index is 12.7. The number of aryl methyl sites for hydroxylation is 2. The fraction of sp³-hybridized carbons (Fsp3) is 0.263. The Labute approximate surface area is 154 Å². The van der Waals surface area contributed by atoms with Crippen LogP contribution in [0.25, 0.3) is 0 Å². The molecule has 26 heavy (non-hydrogen) atoms. The molecular weight excluding hydrogens is 350 g/mol. The maximum absolute atomic E-state index is 12.7. The van der Waals surface area contributed by atoms with E-state index in [1.165, 1.54) is 7.05 Å². The van der Waals surface area contributed by atoms with Gasteiger partial charge in [-0.05, 0) is 48.7 Å². The predicted molar refractivity (Wildman–Crippen MR) is 100 cm³/mol. The lowest BCUT2D eigenvalue weighted by molar-refractivity contribution is -0.116. The first-order chi connectivity index (χ1) is 12.2. The zero-order chi connectivity index (χ0) is 19.3. The van der Waals surface area contributed by atoms with Crippen molar-refractivity contribution in [3.63, 3.8) is 0 Å². The predicted octanol–water partition coefficient (Wildman–Crippen LogP) is 2.63. The van der Waals surface area contributed by atoms with E-state index in [0.717, 1.165) is 15.4 Å². The quantitative estimate of drug-likeness (QED) is 0.845. The molecule has 0 bridgehead atoms. The maximum Gasteiger partial charge on any atom is 0.243 e. The Hall–Kier alpha value is -2.69. The van der Waals surface area contributed by atoms with Gasteiger partial charge < -0.3 is 5.32 Å². The lowest BCUT2D eigenvalue weighted by atomic mass is 10.1. The van der Waals surface area contributed by atoms with Gasteiger partial charge >= 0.3 is 0 Å². The van der Waals surface area contributed by atoms with Crippen LogP contribution in [0.3, 0.4) is 0 Å². The molecule has 0 spiro atoms. The van der Waals surface area contributed by atoms with Crippen molar-refractivity contribution in [3.8, 4) is 6.07 Å². The zero-order valence-corrected chi connectivity index (χ0v) is 15.8. The Bertz CT molecular complexity index is 945. The van der Waals surface area contributed by atoms with Gasteiger partial charge in [-0.15, -0.1) is 0 Å². The Morgan fingerprint density at radius 2 is 1.81 bits per heavy atom. The number of carbonyl (C=O) groups is 1. The molecule has 0 saturated carbocycles. The van der Waals surface area contributed by atoms with E-state index in [1.807, 2.05) is 13.0 Å². The van der Waals surface area contributed by atoms with Crippen molar-refractivity contribution in [2.45, 2.75) is 25.2 Å². The summed E-state index contributed by atoms with van der Waals surface area (Å²) >= 11 is 0. The monoisotopic (exact) mass is 371 g/mol. The molecule has 1 N–H and O–H groups in total. The van der Waals surface area contributed by atoms with Crippen LogP contribution in [0.2, 0.25) is 0 Å². The van der Waals surface area contributed by atoms with Crippen LogP contribution in [0.15, 0.2) is 47.4 Å². The minimum absolute atomic E-state index is 0.202. The van der Waals surface area contributed by atoms with Gasteiger partial charge in [0, 0.05) is 12.7 Å². The van der Waals surface area contributed by atoms with Gasteiger partial charge in [-0.1, -0.05) is 24.3 Å². The first-order valence-corrected chi connectivity index (χ1v) is 9.47. The van der Waals surface area contributed by atoms with E-state index in [2.05, 4.69) is 11.4 Å². The average Bonchev–Trinajstić information content (AvgIpc) is 2.58. The van der Waals surface area contributed by atoms with Gasteiger partial charge in [0.05, 0.1) is 23.9 Å². The number of likely N-dealkylation sites (N-methyl/N-ethyl adjacent to an activating group) is 1. The van der Waals surface area contributed by atoms with E-state index >= 15 is 0 Å². The average molecular weight is 371 g/mol. The summed E-state index contributed by atoms with van der Waals surface area (Å²) in [6, 6.07) is 14.1. The van der Waals surface area contributed by atoms with E-state index in [1.54, 1.807) is 43.3 Å². The summed E-state index contributed by atoms with van der Waals surface area (Å²) in [6.45, 7) is 3.25. The van der Waals surface area contributed by atoms with Crippen molar-refractivity contribution < 1.29 is 13.2 Å². The van der Waals surface area contributed by atoms with E-state index < -0.39 is 15.9 Å². The standard InChI is InChI=1S/C19H21N3O3S/c1-14-4-5-15(2)18(12-14)26(24,25)22(3)13-19(23)21-17-8-6-16(7-9-17)10-11-20/h4-9,12H,10,13H2,1-3H3,(H,21,23). The summed E-state index contributed by atoms with van der Waals surface area (Å²) in [4.78, 5) is 12.4. The molecule has 0 atom stereocenters. The van der Waals surface area contributed by atoms with Crippen LogP contribution in [0, 0.1) is 25.2 Å². The number of hydrogen-bond acceptors (Lipinski definition) is 4. The first kappa shape index (κ1) is 19.6. The summed E-state index contributed by atoms with van der Waals surface area (Å²) < 4.78 is 26.5. The zero-order valence-electron chi connectivity index (χ0n) is 15.0. The number of hydrogen-bond donors (Lipinski definition) is 1. The van der Waals surface area contributed by atoms with Crippen LogP contribution in [0.5, 0.6) is 0 Å². The SMILES string of the molecule is Cc1ccc(C)c(S(=O)(=O)N(C)CC(=O)Nc2ccc(CC#N)cc2)c1. The lowest BCUT2D eigenvalue weighted by Crippen LogP contribution is -2.35. The number of nitriles is 1. The van der Waals surface area contributed by atoms with Gasteiger partial charge in [0.2, 0.25) is 15.9 Å². The molecule has 0 aliphatic carbocycles. The second kappa shape index (κ2) is 8.13. The van der Waals surface area contributed by atoms with E-state index in [0.29, 0.717) is 17.7 Å². The van der Waals surface area contributed by atoms with E-state index in [9.17, 15) is 13.2 Å². The van der Waals surface area contributed by atoms with Gasteiger partial charge in [-0.3, -0.25) is 4.79 Å². The van der Waals surface area contributed by atoms with Gasteiger partial charge in [0.25, 0.3) is 0 Å². The summed E-state index contributed by atoms with van der Waals surface area (Å²) in [7, 11) is -2.38. The molecule has 2 aromatic rings. The Balaban J connectivity index is 2.08. The molecule has 1 amide bonds. The molecule has 2 aromatic carbocycles. The van der Waals surface area contributed by atoms with Crippen LogP contribution in [-0.2, 0) is 21.2 Å². The lowest BCUT2D eigenvalue weighted by Gasteiger charge is -2.18. The topological polar surface area (TPSA) is 90.3 Å². The Kier molecular flexibility index (Phi) is 6.14. The fourth-order valence-corrected chi connectivity index (χ4v) is 3.87. The van der Waals surface area contributed by atoms with Crippen LogP contribution < -0.4 is 5.32 Å². The largest absolute Gasteiger partial charge is 0.325 e. The summed E-state index contributed by atoms with van der Waals surface area (Å²) in [5, 5.41) is 11.3. The highest BCUT2D eigenvalue weighted by molar-refractivity contribution is 7.89. The normalized spacial score (nSPS) is 11.2. The Morgan fingerprint density at radius 1 is 1.15 bits per heavy atom. The summed E-state index contributed by atoms with van der Waals surface area (Å²) in [5.74, 6) is -0.436. The van der Waals surface area contributed by atoms with Gasteiger partial charge in [-0.2, -0.15) is 9.57 Å². The van der Waals surface area contributed by atoms with Crippen LogP contribution in [0.1, 0.15) is 16.7 Å². The van der Waals surface area contributed by atoms with Crippen LogP contribution in [-0.4, -0.2) is 32.2 Å². The summed E-state index contributed by atoms with van der Waals surface area (Å²) in [5.41, 5.74) is 2.87. The van der Waals surface area contributed by atoms with Crippen molar-refractivity contribution in [1.82, 2.24) is 4.31 Å². The smallest absolute Gasteiger partial charge is 0.243 e. The highest BCUT2D eigenvalue weighted by Crippen LogP contribution is 2.20. The third-order valence-electron chi connectivity index (χ3n) is 3.92.